The molecule has 0 bridgehead atoms. The highest BCUT2D eigenvalue weighted by Gasteiger charge is 2.14. The van der Waals surface area contributed by atoms with Gasteiger partial charge in [0.25, 0.3) is 5.91 Å². The first kappa shape index (κ1) is 15.8. The van der Waals surface area contributed by atoms with Gasteiger partial charge in [-0.25, -0.2) is 4.98 Å². The van der Waals surface area contributed by atoms with E-state index < -0.39 is 0 Å². The fraction of sp³-hybridized carbons (Fsp3) is 0.125. The summed E-state index contributed by atoms with van der Waals surface area (Å²) >= 11 is 4.53. The van der Waals surface area contributed by atoms with E-state index in [-0.39, 0.29) is 5.91 Å². The molecule has 2 heterocycles. The molecule has 0 fully saturated rings. The number of aromatic nitrogens is 1. The lowest BCUT2D eigenvalue weighted by molar-refractivity contribution is 0.102. The zero-order valence-electron chi connectivity index (χ0n) is 12.2. The number of carbonyl (C=O) groups is 1. The summed E-state index contributed by atoms with van der Waals surface area (Å²) < 4.78 is 11.2. The van der Waals surface area contributed by atoms with Gasteiger partial charge in [0.1, 0.15) is 12.0 Å². The number of hydrogen-bond acceptors (Lipinski definition) is 5. The summed E-state index contributed by atoms with van der Waals surface area (Å²) in [5.74, 6) is 0.510. The Balaban J connectivity index is 1.80. The summed E-state index contributed by atoms with van der Waals surface area (Å²) in [6, 6.07) is 9.30. The second-order valence-electron chi connectivity index (χ2n) is 4.56. The van der Waals surface area contributed by atoms with Gasteiger partial charge in [-0.1, -0.05) is 12.1 Å². The SMILES string of the molecule is CCOc1ccccc1-c1csc(NC(=O)c2coc(Br)c2)n1. The third-order valence-electron chi connectivity index (χ3n) is 3.02. The molecule has 0 aliphatic carbocycles. The first-order valence-corrected chi connectivity index (χ1v) is 8.57. The summed E-state index contributed by atoms with van der Waals surface area (Å²) in [5.41, 5.74) is 2.10. The molecule has 0 saturated heterocycles. The van der Waals surface area contributed by atoms with Crippen LogP contribution < -0.4 is 10.1 Å². The lowest BCUT2D eigenvalue weighted by Gasteiger charge is -2.07. The Morgan fingerprint density at radius 3 is 3.00 bits per heavy atom. The summed E-state index contributed by atoms with van der Waals surface area (Å²) in [5, 5.41) is 5.17. The van der Waals surface area contributed by atoms with Crippen molar-refractivity contribution >= 4 is 38.3 Å². The molecular formula is C16H13BrN2O3S. The maximum Gasteiger partial charge on any atom is 0.260 e. The molecule has 1 aromatic carbocycles. The van der Waals surface area contributed by atoms with Gasteiger partial charge < -0.3 is 9.15 Å². The topological polar surface area (TPSA) is 64.4 Å². The Labute approximate surface area is 145 Å². The van der Waals surface area contributed by atoms with E-state index >= 15 is 0 Å². The second kappa shape index (κ2) is 6.97. The van der Waals surface area contributed by atoms with Crippen molar-refractivity contribution in [3.63, 3.8) is 0 Å². The maximum absolute atomic E-state index is 12.1. The highest BCUT2D eigenvalue weighted by Crippen LogP contribution is 2.32. The Hall–Kier alpha value is -2.12. The number of amides is 1. The van der Waals surface area contributed by atoms with Crippen LogP contribution in [0, 0.1) is 0 Å². The van der Waals surface area contributed by atoms with Crippen molar-refractivity contribution in [1.29, 1.82) is 0 Å². The number of halogens is 1. The van der Waals surface area contributed by atoms with Crippen LogP contribution in [0.1, 0.15) is 17.3 Å². The zero-order chi connectivity index (χ0) is 16.2. The number of thiazole rings is 1. The minimum atomic E-state index is -0.265. The van der Waals surface area contributed by atoms with Crippen molar-refractivity contribution in [2.75, 3.05) is 11.9 Å². The summed E-state index contributed by atoms with van der Waals surface area (Å²) in [6.07, 6.45) is 1.39. The van der Waals surface area contributed by atoms with E-state index in [1.807, 2.05) is 36.6 Å². The highest BCUT2D eigenvalue weighted by atomic mass is 79.9. The molecule has 3 rings (SSSR count). The van der Waals surface area contributed by atoms with Crippen LogP contribution in [0.5, 0.6) is 5.75 Å². The molecule has 1 amide bonds. The molecular weight excluding hydrogens is 380 g/mol. The van der Waals surface area contributed by atoms with Gasteiger partial charge in [0.05, 0.1) is 17.9 Å². The van der Waals surface area contributed by atoms with Crippen molar-refractivity contribution in [2.45, 2.75) is 6.92 Å². The van der Waals surface area contributed by atoms with E-state index in [4.69, 9.17) is 9.15 Å². The third-order valence-corrected chi connectivity index (χ3v) is 4.19. The smallest absolute Gasteiger partial charge is 0.260 e. The molecule has 0 radical (unpaired) electrons. The van der Waals surface area contributed by atoms with E-state index in [0.717, 1.165) is 17.0 Å². The predicted octanol–water partition coefficient (Wildman–Crippen LogP) is 4.82. The minimum Gasteiger partial charge on any atom is -0.493 e. The van der Waals surface area contributed by atoms with Crippen LogP contribution in [0.3, 0.4) is 0 Å². The monoisotopic (exact) mass is 392 g/mol. The number of ether oxygens (including phenoxy) is 1. The molecule has 5 nitrogen and oxygen atoms in total. The van der Waals surface area contributed by atoms with Crippen LogP contribution >= 0.6 is 27.3 Å². The van der Waals surface area contributed by atoms with Gasteiger partial charge in [0.15, 0.2) is 9.80 Å². The van der Waals surface area contributed by atoms with Crippen LogP contribution in [-0.2, 0) is 0 Å². The third kappa shape index (κ3) is 3.62. The van der Waals surface area contributed by atoms with Gasteiger partial charge in [0.2, 0.25) is 0 Å². The molecule has 3 aromatic rings. The lowest BCUT2D eigenvalue weighted by Crippen LogP contribution is -2.10. The quantitative estimate of drug-likeness (QED) is 0.675. The van der Waals surface area contributed by atoms with Crippen LogP contribution in [-0.4, -0.2) is 17.5 Å². The average molecular weight is 393 g/mol. The number of anilines is 1. The second-order valence-corrected chi connectivity index (χ2v) is 6.20. The molecule has 0 unspecified atom stereocenters. The van der Waals surface area contributed by atoms with Gasteiger partial charge in [0, 0.05) is 17.0 Å². The number of nitrogens with one attached hydrogen (secondary N) is 1. The molecule has 2 aromatic heterocycles. The largest absolute Gasteiger partial charge is 0.493 e. The minimum absolute atomic E-state index is 0.265. The zero-order valence-corrected chi connectivity index (χ0v) is 14.6. The Morgan fingerprint density at radius 2 is 2.26 bits per heavy atom. The summed E-state index contributed by atoms with van der Waals surface area (Å²) in [7, 11) is 0. The Kier molecular flexibility index (Phi) is 4.78. The molecule has 0 saturated carbocycles. The average Bonchev–Trinajstić information content (AvgIpc) is 3.17. The van der Waals surface area contributed by atoms with Crippen molar-refractivity contribution < 1.29 is 13.9 Å². The molecule has 7 heteroatoms. The van der Waals surface area contributed by atoms with E-state index in [2.05, 4.69) is 26.2 Å². The van der Waals surface area contributed by atoms with Crippen LogP contribution in [0.4, 0.5) is 5.13 Å². The first-order valence-electron chi connectivity index (χ1n) is 6.90. The van der Waals surface area contributed by atoms with E-state index in [1.54, 1.807) is 6.07 Å². The van der Waals surface area contributed by atoms with Crippen LogP contribution in [0.15, 0.2) is 51.1 Å². The lowest BCUT2D eigenvalue weighted by atomic mass is 10.1. The Morgan fingerprint density at radius 1 is 1.43 bits per heavy atom. The molecule has 1 N–H and O–H groups in total. The summed E-state index contributed by atoms with van der Waals surface area (Å²) in [6.45, 7) is 2.52. The number of rotatable bonds is 5. The number of benzene rings is 1. The highest BCUT2D eigenvalue weighted by molar-refractivity contribution is 9.10. The summed E-state index contributed by atoms with van der Waals surface area (Å²) in [4.78, 5) is 16.6. The fourth-order valence-electron chi connectivity index (χ4n) is 2.01. The van der Waals surface area contributed by atoms with Gasteiger partial charge in [-0.2, -0.15) is 0 Å². The van der Waals surface area contributed by atoms with Crippen LogP contribution in [0.25, 0.3) is 11.3 Å². The van der Waals surface area contributed by atoms with E-state index in [1.165, 1.54) is 17.6 Å². The van der Waals surface area contributed by atoms with Crippen molar-refractivity contribution in [2.24, 2.45) is 0 Å². The van der Waals surface area contributed by atoms with Gasteiger partial charge in [-0.05, 0) is 35.0 Å². The van der Waals surface area contributed by atoms with Gasteiger partial charge in [-0.3, -0.25) is 10.1 Å². The predicted molar refractivity (Wildman–Crippen MR) is 93.1 cm³/mol. The van der Waals surface area contributed by atoms with E-state index in [9.17, 15) is 4.79 Å². The molecule has 0 aliphatic heterocycles. The van der Waals surface area contributed by atoms with E-state index in [0.29, 0.717) is 22.0 Å². The van der Waals surface area contributed by atoms with Gasteiger partial charge in [-0.15, -0.1) is 11.3 Å². The fourth-order valence-corrected chi connectivity index (χ4v) is 3.06. The molecule has 0 spiro atoms. The van der Waals surface area contributed by atoms with Crippen molar-refractivity contribution in [3.8, 4) is 17.0 Å². The Bertz CT molecular complexity index is 828. The number of hydrogen-bond donors (Lipinski definition) is 1. The van der Waals surface area contributed by atoms with Crippen molar-refractivity contribution in [1.82, 2.24) is 4.98 Å². The molecule has 118 valence electrons. The number of nitrogens with zero attached hydrogens (tertiary/aromatic N) is 1. The standard InChI is InChI=1S/C16H13BrN2O3S/c1-2-21-13-6-4-3-5-11(13)12-9-23-16(18-12)19-15(20)10-7-14(17)22-8-10/h3-9H,2H2,1H3,(H,18,19,20). The number of furan rings is 1. The maximum atomic E-state index is 12.1. The number of carbonyl (C=O) groups excluding carboxylic acids is 1. The molecule has 0 atom stereocenters. The first-order chi connectivity index (χ1) is 11.2. The molecule has 23 heavy (non-hydrogen) atoms. The normalized spacial score (nSPS) is 10.5. The van der Waals surface area contributed by atoms with Gasteiger partial charge >= 0.3 is 0 Å². The van der Waals surface area contributed by atoms with Crippen molar-refractivity contribution in [3.05, 3.63) is 52.2 Å². The number of para-hydroxylation sites is 1. The van der Waals surface area contributed by atoms with Crippen LogP contribution in [0.2, 0.25) is 0 Å². The molecule has 0 aliphatic rings.